The molecular formula is C12H14N2O3S. The number of aromatic nitrogens is 2. The number of hydrogen-bond donors (Lipinski definition) is 1. The summed E-state index contributed by atoms with van der Waals surface area (Å²) in [6.45, 7) is 2.45. The number of nitrogens with zero attached hydrogens (tertiary/aromatic N) is 2. The number of carbonyl (C=O) groups is 1. The molecule has 0 atom stereocenters. The summed E-state index contributed by atoms with van der Waals surface area (Å²) in [5.41, 5.74) is 1.75. The van der Waals surface area contributed by atoms with Crippen molar-refractivity contribution in [2.45, 2.75) is 32.7 Å². The monoisotopic (exact) mass is 266 g/mol. The molecule has 2 aromatic rings. The smallest absolute Gasteiger partial charge is 0.303 e. The van der Waals surface area contributed by atoms with Crippen molar-refractivity contribution in [1.29, 1.82) is 0 Å². The largest absolute Gasteiger partial charge is 0.481 e. The van der Waals surface area contributed by atoms with Crippen LogP contribution in [0.15, 0.2) is 16.5 Å². The molecule has 5 nitrogen and oxygen atoms in total. The van der Waals surface area contributed by atoms with Crippen LogP contribution in [0.5, 0.6) is 0 Å². The second kappa shape index (κ2) is 5.30. The summed E-state index contributed by atoms with van der Waals surface area (Å²) < 4.78 is 2.23. The quantitative estimate of drug-likeness (QED) is 0.840. The molecule has 0 fully saturated rings. The number of unbranched alkanes of at least 4 members (excludes halogenated alkanes) is 1. The second-order valence-corrected chi connectivity index (χ2v) is 5.07. The van der Waals surface area contributed by atoms with Crippen molar-refractivity contribution in [3.05, 3.63) is 27.6 Å². The predicted octanol–water partition coefficient (Wildman–Crippen LogP) is 2.02. The number of thiophene rings is 1. The molecule has 1 N–H and O–H groups in total. The molecule has 0 spiro atoms. The average Bonchev–Trinajstić information content (AvgIpc) is 2.70. The molecule has 0 saturated heterocycles. The Hall–Kier alpha value is -1.69. The lowest BCUT2D eigenvalue weighted by Gasteiger charge is -2.04. The van der Waals surface area contributed by atoms with E-state index in [0.29, 0.717) is 24.1 Å². The van der Waals surface area contributed by atoms with Crippen LogP contribution in [0.2, 0.25) is 0 Å². The minimum atomic E-state index is -0.801. The SMILES string of the molecule is Cc1csc2c(=O)n(CCCCC(=O)O)cnc12. The van der Waals surface area contributed by atoms with Gasteiger partial charge in [-0.2, -0.15) is 0 Å². The number of fused-ring (bicyclic) bond motifs is 1. The van der Waals surface area contributed by atoms with E-state index in [0.717, 1.165) is 11.1 Å². The van der Waals surface area contributed by atoms with Crippen LogP contribution in [-0.4, -0.2) is 20.6 Å². The summed E-state index contributed by atoms with van der Waals surface area (Å²) in [6, 6.07) is 0. The van der Waals surface area contributed by atoms with Crippen LogP contribution in [0.25, 0.3) is 10.2 Å². The lowest BCUT2D eigenvalue weighted by molar-refractivity contribution is -0.137. The molecule has 0 unspecified atom stereocenters. The highest BCUT2D eigenvalue weighted by Gasteiger charge is 2.08. The van der Waals surface area contributed by atoms with Gasteiger partial charge < -0.3 is 5.11 Å². The third-order valence-electron chi connectivity index (χ3n) is 2.76. The highest BCUT2D eigenvalue weighted by Crippen LogP contribution is 2.19. The molecule has 2 heterocycles. The molecule has 0 aliphatic carbocycles. The number of carboxylic acids is 1. The van der Waals surface area contributed by atoms with Crippen LogP contribution in [0.1, 0.15) is 24.8 Å². The molecule has 96 valence electrons. The lowest BCUT2D eigenvalue weighted by Crippen LogP contribution is -2.19. The molecule has 2 aromatic heterocycles. The van der Waals surface area contributed by atoms with Gasteiger partial charge in [-0.1, -0.05) is 0 Å². The Morgan fingerprint density at radius 1 is 1.50 bits per heavy atom. The van der Waals surface area contributed by atoms with Crippen LogP contribution in [-0.2, 0) is 11.3 Å². The van der Waals surface area contributed by atoms with Gasteiger partial charge in [0.25, 0.3) is 5.56 Å². The fourth-order valence-corrected chi connectivity index (χ4v) is 2.73. The van der Waals surface area contributed by atoms with Crippen LogP contribution in [0.4, 0.5) is 0 Å². The van der Waals surface area contributed by atoms with Crippen molar-refractivity contribution in [3.8, 4) is 0 Å². The molecule has 0 bridgehead atoms. The Morgan fingerprint density at radius 3 is 3.00 bits per heavy atom. The highest BCUT2D eigenvalue weighted by atomic mass is 32.1. The molecule has 6 heteroatoms. The highest BCUT2D eigenvalue weighted by molar-refractivity contribution is 7.17. The van der Waals surface area contributed by atoms with Gasteiger partial charge >= 0.3 is 5.97 Å². The molecule has 18 heavy (non-hydrogen) atoms. The van der Waals surface area contributed by atoms with Crippen molar-refractivity contribution in [3.63, 3.8) is 0 Å². The van der Waals surface area contributed by atoms with Gasteiger partial charge in [-0.05, 0) is 30.7 Å². The van der Waals surface area contributed by atoms with Crippen LogP contribution in [0.3, 0.4) is 0 Å². The van der Waals surface area contributed by atoms with E-state index in [9.17, 15) is 9.59 Å². The van der Waals surface area contributed by atoms with Crippen molar-refractivity contribution >= 4 is 27.5 Å². The van der Waals surface area contributed by atoms with Crippen LogP contribution < -0.4 is 5.56 Å². The number of carboxylic acid groups (broad SMARTS) is 1. The molecule has 2 rings (SSSR count). The van der Waals surface area contributed by atoms with Crippen molar-refractivity contribution in [2.24, 2.45) is 0 Å². The summed E-state index contributed by atoms with van der Waals surface area (Å²) in [4.78, 5) is 26.7. The fraction of sp³-hybridized carbons (Fsp3) is 0.417. The van der Waals surface area contributed by atoms with Crippen LogP contribution >= 0.6 is 11.3 Å². The van der Waals surface area contributed by atoms with E-state index >= 15 is 0 Å². The van der Waals surface area contributed by atoms with Crippen molar-refractivity contribution < 1.29 is 9.90 Å². The Morgan fingerprint density at radius 2 is 2.28 bits per heavy atom. The zero-order chi connectivity index (χ0) is 13.1. The number of aryl methyl sites for hydroxylation is 2. The lowest BCUT2D eigenvalue weighted by atomic mass is 10.2. The average molecular weight is 266 g/mol. The maximum Gasteiger partial charge on any atom is 0.303 e. The molecule has 0 amide bonds. The van der Waals surface area contributed by atoms with Crippen molar-refractivity contribution in [2.75, 3.05) is 0 Å². The summed E-state index contributed by atoms with van der Waals surface area (Å²) in [7, 11) is 0. The van der Waals surface area contributed by atoms with Crippen molar-refractivity contribution in [1.82, 2.24) is 9.55 Å². The van der Waals surface area contributed by atoms with E-state index in [1.165, 1.54) is 11.3 Å². The summed E-state index contributed by atoms with van der Waals surface area (Å²) in [6.07, 6.45) is 2.93. The minimum absolute atomic E-state index is 0.0339. The maximum absolute atomic E-state index is 12.1. The molecule has 0 aromatic carbocycles. The summed E-state index contributed by atoms with van der Waals surface area (Å²) in [5.74, 6) is -0.801. The minimum Gasteiger partial charge on any atom is -0.481 e. The second-order valence-electron chi connectivity index (χ2n) is 4.19. The molecule has 0 radical (unpaired) electrons. The Bertz CT molecular complexity index is 630. The topological polar surface area (TPSA) is 72.2 Å². The first kappa shape index (κ1) is 12.8. The Labute approximate surface area is 108 Å². The zero-order valence-electron chi connectivity index (χ0n) is 10.0. The van der Waals surface area contributed by atoms with Gasteiger partial charge in [-0.15, -0.1) is 11.3 Å². The van der Waals surface area contributed by atoms with E-state index in [4.69, 9.17) is 5.11 Å². The Kier molecular flexibility index (Phi) is 3.76. The molecular weight excluding hydrogens is 252 g/mol. The van der Waals surface area contributed by atoms with Gasteiger partial charge in [0.1, 0.15) is 4.70 Å². The Balaban J connectivity index is 2.12. The van der Waals surface area contributed by atoms with Gasteiger partial charge in [-0.25, -0.2) is 4.98 Å². The zero-order valence-corrected chi connectivity index (χ0v) is 10.9. The number of rotatable bonds is 5. The van der Waals surface area contributed by atoms with E-state index in [2.05, 4.69) is 4.98 Å². The maximum atomic E-state index is 12.1. The first-order valence-corrected chi connectivity index (χ1v) is 6.62. The number of hydrogen-bond acceptors (Lipinski definition) is 4. The number of aliphatic carboxylic acids is 1. The third kappa shape index (κ3) is 2.59. The van der Waals surface area contributed by atoms with Gasteiger partial charge in [0.05, 0.1) is 11.8 Å². The predicted molar refractivity (Wildman–Crippen MR) is 70.1 cm³/mol. The standard InChI is InChI=1S/C12H14N2O3S/c1-8-6-18-11-10(8)13-7-14(12(11)17)5-3-2-4-9(15)16/h6-7H,2-5H2,1H3,(H,15,16). The summed E-state index contributed by atoms with van der Waals surface area (Å²) >= 11 is 1.41. The van der Waals surface area contributed by atoms with Gasteiger partial charge in [0, 0.05) is 13.0 Å². The third-order valence-corrected chi connectivity index (χ3v) is 3.84. The first-order chi connectivity index (χ1) is 8.59. The molecule has 0 aliphatic heterocycles. The van der Waals surface area contributed by atoms with Gasteiger partial charge in [0.15, 0.2) is 0 Å². The molecule has 0 aliphatic rings. The first-order valence-electron chi connectivity index (χ1n) is 5.74. The van der Waals surface area contributed by atoms with E-state index in [-0.39, 0.29) is 12.0 Å². The normalized spacial score (nSPS) is 10.9. The van der Waals surface area contributed by atoms with E-state index in [1.807, 2.05) is 12.3 Å². The molecule has 0 saturated carbocycles. The van der Waals surface area contributed by atoms with Gasteiger partial charge in [-0.3, -0.25) is 14.2 Å². The summed E-state index contributed by atoms with van der Waals surface area (Å²) in [5, 5.41) is 10.5. The fourth-order valence-electron chi connectivity index (χ4n) is 1.78. The van der Waals surface area contributed by atoms with Crippen LogP contribution in [0, 0.1) is 6.92 Å². The van der Waals surface area contributed by atoms with E-state index < -0.39 is 5.97 Å². The van der Waals surface area contributed by atoms with E-state index in [1.54, 1.807) is 10.9 Å². The van der Waals surface area contributed by atoms with Gasteiger partial charge in [0.2, 0.25) is 0 Å².